The zero-order valence-corrected chi connectivity index (χ0v) is 12.7. The molecule has 1 aromatic rings. The van der Waals surface area contributed by atoms with Crippen LogP contribution in [0, 0.1) is 5.82 Å². The molecule has 0 saturated carbocycles. The van der Waals surface area contributed by atoms with Crippen molar-refractivity contribution in [2.24, 2.45) is 0 Å². The van der Waals surface area contributed by atoms with Gasteiger partial charge in [-0.05, 0) is 19.4 Å². The number of hydrogen-bond donors (Lipinski definition) is 2. The number of anilines is 1. The monoisotopic (exact) mass is 301 g/mol. The Bertz CT molecular complexity index is 497. The number of nitrogens with zero attached hydrogens (tertiary/aromatic N) is 1. The van der Waals surface area contributed by atoms with E-state index >= 15 is 0 Å². The first kappa shape index (κ1) is 16.6. The van der Waals surface area contributed by atoms with Crippen molar-refractivity contribution in [3.05, 3.63) is 23.6 Å². The molecule has 20 heavy (non-hydrogen) atoms. The van der Waals surface area contributed by atoms with Crippen LogP contribution in [0.15, 0.2) is 12.3 Å². The molecule has 0 aliphatic heterocycles. The van der Waals surface area contributed by atoms with E-state index in [2.05, 4.69) is 15.6 Å². The standard InChI is InChI=1S/C13H20FN3O2S/c1-4-5-15-12-11(6-10(14)7-16-12)13(18)17-9(2)8-20(3)19/h6-7,9H,4-5,8H2,1-3H3,(H,15,16)(H,17,18). The Balaban J connectivity index is 2.84. The van der Waals surface area contributed by atoms with Crippen molar-refractivity contribution in [1.82, 2.24) is 10.3 Å². The van der Waals surface area contributed by atoms with Crippen LogP contribution in [-0.2, 0) is 10.8 Å². The minimum atomic E-state index is -1.00. The van der Waals surface area contributed by atoms with Crippen LogP contribution in [0.2, 0.25) is 0 Å². The number of rotatable bonds is 7. The first-order valence-electron chi connectivity index (χ1n) is 6.44. The maximum Gasteiger partial charge on any atom is 0.255 e. The lowest BCUT2D eigenvalue weighted by molar-refractivity contribution is 0.0943. The van der Waals surface area contributed by atoms with Gasteiger partial charge < -0.3 is 10.6 Å². The normalized spacial score (nSPS) is 13.6. The van der Waals surface area contributed by atoms with Crippen LogP contribution < -0.4 is 10.6 Å². The van der Waals surface area contributed by atoms with Gasteiger partial charge in [-0.25, -0.2) is 9.37 Å². The van der Waals surface area contributed by atoms with Gasteiger partial charge in [0.1, 0.15) is 11.6 Å². The second kappa shape index (κ2) is 7.94. The summed E-state index contributed by atoms with van der Waals surface area (Å²) >= 11 is 0. The van der Waals surface area contributed by atoms with Crippen molar-refractivity contribution < 1.29 is 13.4 Å². The first-order valence-corrected chi connectivity index (χ1v) is 8.17. The van der Waals surface area contributed by atoms with Gasteiger partial charge in [-0.3, -0.25) is 9.00 Å². The number of halogens is 1. The molecule has 0 aliphatic carbocycles. The molecule has 2 unspecified atom stereocenters. The second-order valence-corrected chi connectivity index (χ2v) is 6.07. The molecule has 112 valence electrons. The van der Waals surface area contributed by atoms with Crippen molar-refractivity contribution in [3.63, 3.8) is 0 Å². The fourth-order valence-corrected chi connectivity index (χ4v) is 2.48. The van der Waals surface area contributed by atoms with E-state index in [0.717, 1.165) is 18.7 Å². The van der Waals surface area contributed by atoms with Crippen LogP contribution in [0.4, 0.5) is 10.2 Å². The van der Waals surface area contributed by atoms with Crippen LogP contribution in [0.25, 0.3) is 0 Å². The Labute approximate surface area is 120 Å². The summed E-state index contributed by atoms with van der Waals surface area (Å²) in [7, 11) is -1.00. The number of carbonyl (C=O) groups excluding carboxylic acids is 1. The minimum Gasteiger partial charge on any atom is -0.369 e. The van der Waals surface area contributed by atoms with Gasteiger partial charge >= 0.3 is 0 Å². The SMILES string of the molecule is CCCNc1ncc(F)cc1C(=O)NC(C)CS(C)=O. The van der Waals surface area contributed by atoms with Gasteiger partial charge in [0.05, 0.1) is 11.8 Å². The Morgan fingerprint density at radius 1 is 1.55 bits per heavy atom. The van der Waals surface area contributed by atoms with Gasteiger partial charge in [0, 0.05) is 35.4 Å². The molecule has 1 rings (SSSR count). The highest BCUT2D eigenvalue weighted by Gasteiger charge is 2.16. The predicted octanol–water partition coefficient (Wildman–Crippen LogP) is 1.54. The summed E-state index contributed by atoms with van der Waals surface area (Å²) in [5.74, 6) is -0.278. The summed E-state index contributed by atoms with van der Waals surface area (Å²) in [5, 5.41) is 5.68. The number of amides is 1. The Kier molecular flexibility index (Phi) is 6.57. The molecular formula is C13H20FN3O2S. The lowest BCUT2D eigenvalue weighted by atomic mass is 10.2. The molecule has 7 heteroatoms. The van der Waals surface area contributed by atoms with Gasteiger partial charge in [0.15, 0.2) is 0 Å². The third-order valence-corrected chi connectivity index (χ3v) is 3.47. The highest BCUT2D eigenvalue weighted by Crippen LogP contribution is 2.14. The van der Waals surface area contributed by atoms with Crippen molar-refractivity contribution in [1.29, 1.82) is 0 Å². The van der Waals surface area contributed by atoms with Crippen LogP contribution >= 0.6 is 0 Å². The predicted molar refractivity (Wildman–Crippen MR) is 78.8 cm³/mol. The van der Waals surface area contributed by atoms with Gasteiger partial charge in [0.2, 0.25) is 0 Å². The smallest absolute Gasteiger partial charge is 0.255 e. The molecule has 1 aromatic heterocycles. The largest absolute Gasteiger partial charge is 0.369 e. The number of carbonyl (C=O) groups is 1. The van der Waals surface area contributed by atoms with Gasteiger partial charge in [-0.2, -0.15) is 0 Å². The van der Waals surface area contributed by atoms with E-state index in [-0.39, 0.29) is 11.6 Å². The van der Waals surface area contributed by atoms with Crippen molar-refractivity contribution in [2.75, 3.05) is 23.9 Å². The molecule has 5 nitrogen and oxygen atoms in total. The first-order chi connectivity index (χ1) is 9.43. The lowest BCUT2D eigenvalue weighted by Crippen LogP contribution is -2.36. The summed E-state index contributed by atoms with van der Waals surface area (Å²) in [4.78, 5) is 16.0. The van der Waals surface area contributed by atoms with Gasteiger partial charge in [-0.1, -0.05) is 6.92 Å². The van der Waals surface area contributed by atoms with E-state index in [1.165, 1.54) is 0 Å². The van der Waals surface area contributed by atoms with E-state index in [0.29, 0.717) is 18.1 Å². The topological polar surface area (TPSA) is 71.1 Å². The van der Waals surface area contributed by atoms with Crippen LogP contribution in [0.5, 0.6) is 0 Å². The molecular weight excluding hydrogens is 281 g/mol. The molecule has 2 N–H and O–H groups in total. The summed E-state index contributed by atoms with van der Waals surface area (Å²) in [6.07, 6.45) is 3.51. The Hall–Kier alpha value is -1.50. The van der Waals surface area contributed by atoms with E-state index in [4.69, 9.17) is 0 Å². The zero-order chi connectivity index (χ0) is 15.1. The second-order valence-electron chi connectivity index (χ2n) is 4.59. The van der Waals surface area contributed by atoms with Crippen molar-refractivity contribution in [2.45, 2.75) is 26.3 Å². The van der Waals surface area contributed by atoms with Crippen LogP contribution in [0.3, 0.4) is 0 Å². The molecule has 0 radical (unpaired) electrons. The number of nitrogens with one attached hydrogen (secondary N) is 2. The average Bonchev–Trinajstić information content (AvgIpc) is 2.36. The molecule has 1 amide bonds. The number of hydrogen-bond acceptors (Lipinski definition) is 4. The maximum absolute atomic E-state index is 13.3. The minimum absolute atomic E-state index is 0.159. The van der Waals surface area contributed by atoms with E-state index < -0.39 is 22.5 Å². The van der Waals surface area contributed by atoms with Crippen molar-refractivity contribution in [3.8, 4) is 0 Å². The average molecular weight is 301 g/mol. The lowest BCUT2D eigenvalue weighted by Gasteiger charge is -2.15. The van der Waals surface area contributed by atoms with Gasteiger partial charge in [-0.15, -0.1) is 0 Å². The molecule has 0 bridgehead atoms. The molecule has 0 saturated heterocycles. The Morgan fingerprint density at radius 2 is 2.25 bits per heavy atom. The summed E-state index contributed by atoms with van der Waals surface area (Å²) in [6, 6.07) is 0.895. The van der Waals surface area contributed by atoms with E-state index in [9.17, 15) is 13.4 Å². The molecule has 1 heterocycles. The molecule has 0 fully saturated rings. The fourth-order valence-electron chi connectivity index (χ4n) is 1.69. The Morgan fingerprint density at radius 3 is 2.85 bits per heavy atom. The zero-order valence-electron chi connectivity index (χ0n) is 11.9. The fraction of sp³-hybridized carbons (Fsp3) is 0.538. The highest BCUT2D eigenvalue weighted by molar-refractivity contribution is 7.84. The third kappa shape index (κ3) is 5.24. The van der Waals surface area contributed by atoms with E-state index in [1.54, 1.807) is 13.2 Å². The summed E-state index contributed by atoms with van der Waals surface area (Å²) in [6.45, 7) is 4.38. The van der Waals surface area contributed by atoms with E-state index in [1.807, 2.05) is 6.92 Å². The molecule has 0 aromatic carbocycles. The number of pyridine rings is 1. The summed E-state index contributed by atoms with van der Waals surface area (Å²) in [5.41, 5.74) is 0.159. The van der Waals surface area contributed by atoms with Crippen LogP contribution in [-0.4, -0.2) is 39.7 Å². The summed E-state index contributed by atoms with van der Waals surface area (Å²) < 4.78 is 24.4. The third-order valence-electron chi connectivity index (χ3n) is 2.50. The molecule has 0 aliphatic rings. The quantitative estimate of drug-likeness (QED) is 0.801. The maximum atomic E-state index is 13.3. The van der Waals surface area contributed by atoms with Gasteiger partial charge in [0.25, 0.3) is 5.91 Å². The van der Waals surface area contributed by atoms with Crippen LogP contribution in [0.1, 0.15) is 30.6 Å². The number of aromatic nitrogens is 1. The highest BCUT2D eigenvalue weighted by atomic mass is 32.2. The van der Waals surface area contributed by atoms with Crippen molar-refractivity contribution >= 4 is 22.5 Å². The molecule has 0 spiro atoms. The molecule has 2 atom stereocenters.